The van der Waals surface area contributed by atoms with Crippen molar-refractivity contribution in [2.75, 3.05) is 38.3 Å². The Morgan fingerprint density at radius 1 is 1.06 bits per heavy atom. The van der Waals surface area contributed by atoms with Crippen LogP contribution in [0.25, 0.3) is 0 Å². The van der Waals surface area contributed by atoms with Gasteiger partial charge in [0.2, 0.25) is 0 Å². The predicted octanol–water partition coefficient (Wildman–Crippen LogP) is 4.10. The molecular formula is C22H28N2O5S2. The standard InChI is InChI=1S/C22H28N2O5S2/c1-15-9-11-24(12-10-15)22(25)18-14-17(6-8-21(18)30-4)31(26,27)23-16-5-7-19(28-2)20(13-16)29-3/h5-8,13-15,23H,9-12H2,1-4H3. The number of piperidine rings is 1. The lowest BCUT2D eigenvalue weighted by molar-refractivity contribution is 0.0693. The van der Waals surface area contributed by atoms with E-state index < -0.39 is 10.0 Å². The van der Waals surface area contributed by atoms with E-state index in [0.717, 1.165) is 17.7 Å². The third kappa shape index (κ3) is 5.27. The van der Waals surface area contributed by atoms with Gasteiger partial charge in [0.05, 0.1) is 30.4 Å². The highest BCUT2D eigenvalue weighted by Crippen LogP contribution is 2.32. The molecule has 1 aliphatic rings. The number of ether oxygens (including phenoxy) is 2. The second-order valence-corrected chi connectivity index (χ2v) is 10.0. The van der Waals surface area contributed by atoms with Crippen LogP contribution < -0.4 is 14.2 Å². The lowest BCUT2D eigenvalue weighted by Gasteiger charge is -2.30. The fourth-order valence-corrected chi connectivity index (χ4v) is 5.16. The Bertz CT molecular complexity index is 1050. The Morgan fingerprint density at radius 2 is 1.74 bits per heavy atom. The molecule has 0 bridgehead atoms. The number of rotatable bonds is 7. The van der Waals surface area contributed by atoms with Gasteiger partial charge in [0.25, 0.3) is 15.9 Å². The zero-order valence-electron chi connectivity index (χ0n) is 18.2. The number of benzene rings is 2. The maximum absolute atomic E-state index is 13.1. The number of sulfonamides is 1. The number of hydrogen-bond acceptors (Lipinski definition) is 6. The molecule has 31 heavy (non-hydrogen) atoms. The normalized spacial score (nSPS) is 14.9. The summed E-state index contributed by atoms with van der Waals surface area (Å²) in [5.74, 6) is 1.38. The number of thioether (sulfide) groups is 1. The third-order valence-electron chi connectivity index (χ3n) is 5.42. The van der Waals surface area contributed by atoms with Crippen molar-refractivity contribution in [3.63, 3.8) is 0 Å². The third-order valence-corrected chi connectivity index (χ3v) is 7.59. The highest BCUT2D eigenvalue weighted by molar-refractivity contribution is 7.98. The first kappa shape index (κ1) is 23.3. The molecule has 2 aromatic carbocycles. The average Bonchev–Trinajstić information content (AvgIpc) is 2.78. The summed E-state index contributed by atoms with van der Waals surface area (Å²) in [6.07, 6.45) is 3.79. The monoisotopic (exact) mass is 464 g/mol. The molecule has 2 aromatic rings. The summed E-state index contributed by atoms with van der Waals surface area (Å²) in [4.78, 5) is 15.8. The second-order valence-electron chi connectivity index (χ2n) is 7.51. The Hall–Kier alpha value is -2.39. The van der Waals surface area contributed by atoms with Crippen molar-refractivity contribution >= 4 is 33.4 Å². The molecule has 1 aliphatic heterocycles. The van der Waals surface area contributed by atoms with E-state index in [2.05, 4.69) is 11.6 Å². The minimum absolute atomic E-state index is 0.0359. The van der Waals surface area contributed by atoms with Crippen molar-refractivity contribution in [2.24, 2.45) is 5.92 Å². The lowest BCUT2D eigenvalue weighted by atomic mass is 9.98. The number of nitrogens with zero attached hydrogens (tertiary/aromatic N) is 1. The molecule has 168 valence electrons. The number of amides is 1. The molecule has 1 amide bonds. The van der Waals surface area contributed by atoms with Crippen molar-refractivity contribution < 1.29 is 22.7 Å². The fourth-order valence-electron chi connectivity index (χ4n) is 3.52. The van der Waals surface area contributed by atoms with Gasteiger partial charge in [-0.05, 0) is 55.3 Å². The SMILES string of the molecule is COc1ccc(NS(=O)(=O)c2ccc(SC)c(C(=O)N3CCC(C)CC3)c2)cc1OC. The van der Waals surface area contributed by atoms with Gasteiger partial charge in [0.15, 0.2) is 11.5 Å². The van der Waals surface area contributed by atoms with Crippen molar-refractivity contribution in [1.29, 1.82) is 0 Å². The topological polar surface area (TPSA) is 84.9 Å². The largest absolute Gasteiger partial charge is 0.493 e. The molecule has 0 atom stereocenters. The number of carbonyl (C=O) groups is 1. The average molecular weight is 465 g/mol. The van der Waals surface area contributed by atoms with Gasteiger partial charge in [-0.25, -0.2) is 8.42 Å². The van der Waals surface area contributed by atoms with Gasteiger partial charge in [-0.1, -0.05) is 6.92 Å². The van der Waals surface area contributed by atoms with E-state index in [0.29, 0.717) is 41.8 Å². The summed E-state index contributed by atoms with van der Waals surface area (Å²) in [6, 6.07) is 9.44. The first-order valence-electron chi connectivity index (χ1n) is 10.0. The van der Waals surface area contributed by atoms with Gasteiger partial charge in [0, 0.05) is 24.1 Å². The van der Waals surface area contributed by atoms with Crippen LogP contribution in [0.15, 0.2) is 46.2 Å². The van der Waals surface area contributed by atoms with Crippen molar-refractivity contribution in [1.82, 2.24) is 4.90 Å². The zero-order valence-corrected chi connectivity index (χ0v) is 19.8. The maximum atomic E-state index is 13.1. The molecule has 9 heteroatoms. The van der Waals surface area contributed by atoms with Gasteiger partial charge >= 0.3 is 0 Å². The molecule has 1 fully saturated rings. The molecule has 0 aliphatic carbocycles. The molecular weight excluding hydrogens is 436 g/mol. The van der Waals surface area contributed by atoms with E-state index in [1.807, 2.05) is 11.2 Å². The van der Waals surface area contributed by atoms with Gasteiger partial charge in [-0.15, -0.1) is 11.8 Å². The van der Waals surface area contributed by atoms with Crippen LogP contribution in [0.4, 0.5) is 5.69 Å². The number of nitrogens with one attached hydrogen (secondary N) is 1. The van der Waals surface area contributed by atoms with Crippen LogP contribution in [0.5, 0.6) is 11.5 Å². The summed E-state index contributed by atoms with van der Waals surface area (Å²) in [7, 11) is -0.912. The van der Waals surface area contributed by atoms with Crippen LogP contribution >= 0.6 is 11.8 Å². The van der Waals surface area contributed by atoms with Crippen LogP contribution in [-0.4, -0.2) is 52.8 Å². The Morgan fingerprint density at radius 3 is 2.35 bits per heavy atom. The summed E-state index contributed by atoms with van der Waals surface area (Å²) < 4.78 is 39.1. The molecule has 0 radical (unpaired) electrons. The minimum atomic E-state index is -3.90. The molecule has 0 aromatic heterocycles. The van der Waals surface area contributed by atoms with Crippen molar-refractivity contribution in [3.8, 4) is 11.5 Å². The van der Waals surface area contributed by atoms with E-state index >= 15 is 0 Å². The number of anilines is 1. The van der Waals surface area contributed by atoms with E-state index in [9.17, 15) is 13.2 Å². The van der Waals surface area contributed by atoms with Crippen molar-refractivity contribution in [2.45, 2.75) is 29.6 Å². The van der Waals surface area contributed by atoms with Gasteiger partial charge in [-0.2, -0.15) is 0 Å². The van der Waals surface area contributed by atoms with E-state index in [4.69, 9.17) is 9.47 Å². The smallest absolute Gasteiger partial charge is 0.261 e. The number of carbonyl (C=O) groups excluding carboxylic acids is 1. The van der Waals surface area contributed by atoms with E-state index in [-0.39, 0.29) is 10.8 Å². The molecule has 0 saturated carbocycles. The summed E-state index contributed by atoms with van der Waals surface area (Å²) >= 11 is 1.43. The first-order chi connectivity index (χ1) is 14.8. The highest BCUT2D eigenvalue weighted by atomic mass is 32.2. The van der Waals surface area contributed by atoms with E-state index in [1.165, 1.54) is 38.1 Å². The van der Waals surface area contributed by atoms with Gasteiger partial charge < -0.3 is 14.4 Å². The van der Waals surface area contributed by atoms with Crippen molar-refractivity contribution in [3.05, 3.63) is 42.0 Å². The van der Waals surface area contributed by atoms with E-state index in [1.54, 1.807) is 24.3 Å². The molecule has 1 heterocycles. The van der Waals surface area contributed by atoms with Crippen LogP contribution in [0.2, 0.25) is 0 Å². The van der Waals surface area contributed by atoms with Crippen LogP contribution in [-0.2, 0) is 10.0 Å². The van der Waals surface area contributed by atoms with Gasteiger partial charge in [0.1, 0.15) is 0 Å². The molecule has 1 saturated heterocycles. The first-order valence-corrected chi connectivity index (χ1v) is 12.7. The molecule has 0 unspecified atom stereocenters. The van der Waals surface area contributed by atoms with Crippen LogP contribution in [0, 0.1) is 5.92 Å². The zero-order chi connectivity index (χ0) is 22.6. The quantitative estimate of drug-likeness (QED) is 0.621. The predicted molar refractivity (Wildman–Crippen MR) is 123 cm³/mol. The number of hydrogen-bond donors (Lipinski definition) is 1. The Kier molecular flexibility index (Phi) is 7.38. The molecule has 3 rings (SSSR count). The summed E-state index contributed by atoms with van der Waals surface area (Å²) in [5, 5.41) is 0. The highest BCUT2D eigenvalue weighted by Gasteiger charge is 2.25. The summed E-state index contributed by atoms with van der Waals surface area (Å²) in [5.41, 5.74) is 0.752. The molecule has 7 nitrogen and oxygen atoms in total. The van der Waals surface area contributed by atoms with Gasteiger partial charge in [-0.3, -0.25) is 9.52 Å². The Labute approximate surface area is 188 Å². The number of methoxy groups -OCH3 is 2. The Balaban J connectivity index is 1.89. The van der Waals surface area contributed by atoms with Crippen LogP contribution in [0.1, 0.15) is 30.1 Å². The lowest BCUT2D eigenvalue weighted by Crippen LogP contribution is -2.38. The maximum Gasteiger partial charge on any atom is 0.261 e. The summed E-state index contributed by atoms with van der Waals surface area (Å²) in [6.45, 7) is 3.56. The molecule has 1 N–H and O–H groups in total. The molecule has 0 spiro atoms. The second kappa shape index (κ2) is 9.82. The fraction of sp³-hybridized carbons (Fsp3) is 0.409. The minimum Gasteiger partial charge on any atom is -0.493 e. The number of likely N-dealkylation sites (tertiary alicyclic amines) is 1. The van der Waals surface area contributed by atoms with Crippen LogP contribution in [0.3, 0.4) is 0 Å².